The Morgan fingerprint density at radius 1 is 1.04 bits per heavy atom. The van der Waals surface area contributed by atoms with Crippen LogP contribution >= 0.6 is 0 Å². The van der Waals surface area contributed by atoms with Gasteiger partial charge >= 0.3 is 0 Å². The molecule has 0 atom stereocenters. The van der Waals surface area contributed by atoms with E-state index in [0.29, 0.717) is 11.4 Å². The highest BCUT2D eigenvalue weighted by Crippen LogP contribution is 2.30. The molecule has 0 aliphatic carbocycles. The molecule has 5 nitrogen and oxygen atoms in total. The molecular weight excluding hydrogens is 314 g/mol. The Hall–Kier alpha value is -2.21. The van der Waals surface area contributed by atoms with Gasteiger partial charge in [-0.15, -0.1) is 0 Å². The highest BCUT2D eigenvalue weighted by Gasteiger charge is 2.21. The van der Waals surface area contributed by atoms with Crippen LogP contribution in [-0.4, -0.2) is 22.6 Å². The Morgan fingerprint density at radius 2 is 1.78 bits per heavy atom. The van der Waals surface area contributed by atoms with Crippen LogP contribution in [0, 0.1) is 6.92 Å². The zero-order chi connectivity index (χ0) is 17.0. The molecule has 2 aromatic rings. The number of hydrogen-bond acceptors (Lipinski definition) is 4. The van der Waals surface area contributed by atoms with Crippen molar-refractivity contribution in [2.45, 2.75) is 25.2 Å². The molecule has 0 spiro atoms. The van der Waals surface area contributed by atoms with Gasteiger partial charge in [0.2, 0.25) is 0 Å². The van der Waals surface area contributed by atoms with Gasteiger partial charge in [0.05, 0.1) is 19.9 Å². The second kappa shape index (κ2) is 6.91. The van der Waals surface area contributed by atoms with Crippen LogP contribution < -0.4 is 14.2 Å². The lowest BCUT2D eigenvalue weighted by Crippen LogP contribution is -2.15. The third-order valence-corrected chi connectivity index (χ3v) is 5.02. The van der Waals surface area contributed by atoms with Crippen molar-refractivity contribution in [3.63, 3.8) is 0 Å². The number of methoxy groups -OCH3 is 2. The van der Waals surface area contributed by atoms with Gasteiger partial charge < -0.3 is 9.47 Å². The molecule has 0 aliphatic rings. The van der Waals surface area contributed by atoms with Crippen LogP contribution in [0.1, 0.15) is 18.1 Å². The fourth-order valence-corrected chi connectivity index (χ4v) is 3.47. The average molecular weight is 335 g/mol. The summed E-state index contributed by atoms with van der Waals surface area (Å²) in [4.78, 5) is 0.0714. The molecule has 0 aromatic heterocycles. The molecule has 0 bridgehead atoms. The van der Waals surface area contributed by atoms with Gasteiger partial charge in [-0.25, -0.2) is 8.42 Å². The van der Waals surface area contributed by atoms with E-state index in [0.717, 1.165) is 17.5 Å². The van der Waals surface area contributed by atoms with E-state index in [1.807, 2.05) is 32.0 Å². The average Bonchev–Trinajstić information content (AvgIpc) is 2.55. The summed E-state index contributed by atoms with van der Waals surface area (Å²) in [5.74, 6) is 0.770. The molecular formula is C17H21NO4S. The summed E-state index contributed by atoms with van der Waals surface area (Å²) in [6, 6.07) is 10.3. The first-order chi connectivity index (χ1) is 10.9. The predicted octanol–water partition coefficient (Wildman–Crippen LogP) is 3.38. The fourth-order valence-electron chi connectivity index (χ4n) is 2.20. The van der Waals surface area contributed by atoms with Gasteiger partial charge in [0.15, 0.2) is 0 Å². The number of rotatable bonds is 6. The molecule has 0 unspecified atom stereocenters. The molecule has 0 amide bonds. The Bertz CT molecular complexity index is 800. The van der Waals surface area contributed by atoms with Crippen LogP contribution in [0.25, 0.3) is 0 Å². The van der Waals surface area contributed by atoms with E-state index < -0.39 is 10.0 Å². The lowest BCUT2D eigenvalue weighted by Gasteiger charge is -2.14. The molecule has 2 aromatic carbocycles. The van der Waals surface area contributed by atoms with Crippen molar-refractivity contribution in [2.75, 3.05) is 18.9 Å². The maximum atomic E-state index is 12.7. The minimum absolute atomic E-state index is 0.0714. The maximum Gasteiger partial charge on any atom is 0.265 e. The van der Waals surface area contributed by atoms with E-state index >= 15 is 0 Å². The van der Waals surface area contributed by atoms with E-state index in [4.69, 9.17) is 9.47 Å². The first-order valence-corrected chi connectivity index (χ1v) is 8.74. The van der Waals surface area contributed by atoms with E-state index in [1.54, 1.807) is 12.1 Å². The van der Waals surface area contributed by atoms with Crippen molar-refractivity contribution in [3.8, 4) is 11.5 Å². The topological polar surface area (TPSA) is 64.6 Å². The third kappa shape index (κ3) is 3.76. The second-order valence-electron chi connectivity index (χ2n) is 5.13. The third-order valence-electron chi connectivity index (χ3n) is 3.61. The second-order valence-corrected chi connectivity index (χ2v) is 6.78. The summed E-state index contributed by atoms with van der Waals surface area (Å²) in [7, 11) is -0.817. The molecule has 0 radical (unpaired) electrons. The molecule has 23 heavy (non-hydrogen) atoms. The number of aryl methyl sites for hydroxylation is 2. The standard InChI is InChI=1S/C17H21NO4S/c1-5-13-7-6-12(2)15(10-13)18-23(19,20)17-9-8-14(21-3)11-16(17)22-4/h6-11,18H,5H2,1-4H3. The highest BCUT2D eigenvalue weighted by molar-refractivity contribution is 7.92. The van der Waals surface area contributed by atoms with Crippen LogP contribution in [0.5, 0.6) is 11.5 Å². The van der Waals surface area contributed by atoms with Gasteiger partial charge in [-0.1, -0.05) is 19.1 Å². The minimum Gasteiger partial charge on any atom is -0.497 e. The first kappa shape index (κ1) is 17.1. The van der Waals surface area contributed by atoms with Gasteiger partial charge in [-0.05, 0) is 42.7 Å². The summed E-state index contributed by atoms with van der Waals surface area (Å²) in [6.45, 7) is 3.89. The molecule has 0 heterocycles. The summed E-state index contributed by atoms with van der Waals surface area (Å²) in [5, 5.41) is 0. The molecule has 0 saturated carbocycles. The predicted molar refractivity (Wildman–Crippen MR) is 90.9 cm³/mol. The lowest BCUT2D eigenvalue weighted by molar-refractivity contribution is 0.386. The number of ether oxygens (including phenoxy) is 2. The summed E-state index contributed by atoms with van der Waals surface area (Å²) < 4.78 is 38.3. The Morgan fingerprint density at radius 3 is 2.39 bits per heavy atom. The smallest absolute Gasteiger partial charge is 0.265 e. The Kier molecular flexibility index (Phi) is 5.15. The molecule has 0 saturated heterocycles. The van der Waals surface area contributed by atoms with Crippen LogP contribution in [0.15, 0.2) is 41.3 Å². The van der Waals surface area contributed by atoms with Gasteiger partial charge in [-0.3, -0.25) is 4.72 Å². The SMILES string of the molecule is CCc1ccc(C)c(NS(=O)(=O)c2ccc(OC)cc2OC)c1. The van der Waals surface area contributed by atoms with E-state index in [9.17, 15) is 8.42 Å². The molecule has 1 N–H and O–H groups in total. The van der Waals surface area contributed by atoms with Crippen molar-refractivity contribution in [1.29, 1.82) is 0 Å². The van der Waals surface area contributed by atoms with Crippen LogP contribution in [-0.2, 0) is 16.4 Å². The number of sulfonamides is 1. The lowest BCUT2D eigenvalue weighted by atomic mass is 10.1. The number of nitrogens with one attached hydrogen (secondary N) is 1. The molecule has 0 fully saturated rings. The quantitative estimate of drug-likeness (QED) is 0.879. The number of anilines is 1. The van der Waals surface area contributed by atoms with Crippen molar-refractivity contribution in [1.82, 2.24) is 0 Å². The van der Waals surface area contributed by atoms with Crippen molar-refractivity contribution < 1.29 is 17.9 Å². The zero-order valence-corrected chi connectivity index (χ0v) is 14.5. The van der Waals surface area contributed by atoms with Crippen molar-refractivity contribution >= 4 is 15.7 Å². The van der Waals surface area contributed by atoms with E-state index in [2.05, 4.69) is 4.72 Å². The fraction of sp³-hybridized carbons (Fsp3) is 0.294. The van der Waals surface area contributed by atoms with Gasteiger partial charge in [0, 0.05) is 6.07 Å². The zero-order valence-electron chi connectivity index (χ0n) is 13.7. The molecule has 6 heteroatoms. The van der Waals surface area contributed by atoms with Gasteiger partial charge in [0.1, 0.15) is 16.4 Å². The van der Waals surface area contributed by atoms with E-state index in [1.165, 1.54) is 20.3 Å². The van der Waals surface area contributed by atoms with Crippen molar-refractivity contribution in [2.24, 2.45) is 0 Å². The van der Waals surface area contributed by atoms with Crippen LogP contribution in [0.2, 0.25) is 0 Å². The molecule has 2 rings (SSSR count). The Balaban J connectivity index is 2.43. The Labute approximate surface area is 137 Å². The molecule has 124 valence electrons. The summed E-state index contributed by atoms with van der Waals surface area (Å²) >= 11 is 0. The molecule has 0 aliphatic heterocycles. The van der Waals surface area contributed by atoms with E-state index in [-0.39, 0.29) is 10.6 Å². The monoisotopic (exact) mass is 335 g/mol. The summed E-state index contributed by atoms with van der Waals surface area (Å²) in [6.07, 6.45) is 0.834. The highest BCUT2D eigenvalue weighted by atomic mass is 32.2. The van der Waals surface area contributed by atoms with Gasteiger partial charge in [-0.2, -0.15) is 0 Å². The largest absolute Gasteiger partial charge is 0.497 e. The van der Waals surface area contributed by atoms with Crippen LogP contribution in [0.4, 0.5) is 5.69 Å². The number of benzene rings is 2. The maximum absolute atomic E-state index is 12.7. The van der Waals surface area contributed by atoms with Gasteiger partial charge in [0.25, 0.3) is 10.0 Å². The van der Waals surface area contributed by atoms with Crippen LogP contribution in [0.3, 0.4) is 0 Å². The number of hydrogen-bond donors (Lipinski definition) is 1. The minimum atomic E-state index is -3.76. The van der Waals surface area contributed by atoms with Crippen molar-refractivity contribution in [3.05, 3.63) is 47.5 Å². The summed E-state index contributed by atoms with van der Waals surface area (Å²) in [5.41, 5.74) is 2.50. The first-order valence-electron chi connectivity index (χ1n) is 7.25. The normalized spacial score (nSPS) is 11.1.